The summed E-state index contributed by atoms with van der Waals surface area (Å²) in [5.41, 5.74) is -0.763. The molecule has 0 atom stereocenters. The number of aromatic nitrogens is 2. The third kappa shape index (κ3) is 2.23. The zero-order chi connectivity index (χ0) is 11.4. The molecule has 1 aliphatic heterocycles. The summed E-state index contributed by atoms with van der Waals surface area (Å²) in [6.07, 6.45) is 4.32. The Bertz CT molecular complexity index is 398. The Labute approximate surface area is 92.7 Å². The van der Waals surface area contributed by atoms with E-state index < -0.39 is 5.54 Å². The average Bonchev–Trinajstić information content (AvgIpc) is 2.33. The second-order valence-corrected chi connectivity index (χ2v) is 3.94. The maximum absolute atomic E-state index is 11.5. The maximum Gasteiger partial charge on any atom is 0.290 e. The topological polar surface area (TPSA) is 87.2 Å². The van der Waals surface area contributed by atoms with Crippen molar-refractivity contribution in [1.82, 2.24) is 9.97 Å². The number of ether oxygens (including phenoxy) is 1. The van der Waals surface area contributed by atoms with Crippen molar-refractivity contribution in [3.8, 4) is 0 Å². The zero-order valence-corrected chi connectivity index (χ0v) is 8.90. The van der Waals surface area contributed by atoms with Crippen molar-refractivity contribution >= 4 is 5.82 Å². The summed E-state index contributed by atoms with van der Waals surface area (Å²) in [6.45, 7) is 1.13. The second-order valence-electron chi connectivity index (χ2n) is 3.94. The Kier molecular flexibility index (Phi) is 3.21. The van der Waals surface area contributed by atoms with E-state index in [1.807, 2.05) is 0 Å². The standard InChI is InChI=1S/C10H15N3O3/c14-7-10(1-5-16-6-2-10)13-8-9(15)12-4-3-11-8/h3-4,14H,1-2,5-7H2,(H,11,13)(H,12,15). The fraction of sp³-hybridized carbons (Fsp3) is 0.600. The fourth-order valence-corrected chi connectivity index (χ4v) is 1.78. The number of H-pyrrole nitrogens is 1. The SMILES string of the molecule is O=c1[nH]ccnc1NC1(CO)CCOCC1. The molecule has 0 amide bonds. The molecule has 2 heterocycles. The van der Waals surface area contributed by atoms with E-state index in [0.29, 0.717) is 26.1 Å². The molecule has 1 aliphatic rings. The fourth-order valence-electron chi connectivity index (χ4n) is 1.78. The first kappa shape index (κ1) is 11.1. The predicted molar refractivity (Wildman–Crippen MR) is 58.4 cm³/mol. The number of aromatic amines is 1. The van der Waals surface area contributed by atoms with E-state index in [0.717, 1.165) is 0 Å². The molecule has 16 heavy (non-hydrogen) atoms. The van der Waals surface area contributed by atoms with Crippen molar-refractivity contribution in [2.75, 3.05) is 25.1 Å². The van der Waals surface area contributed by atoms with Gasteiger partial charge < -0.3 is 20.1 Å². The molecule has 0 spiro atoms. The quantitative estimate of drug-likeness (QED) is 0.658. The van der Waals surface area contributed by atoms with Crippen LogP contribution in [0.5, 0.6) is 0 Å². The van der Waals surface area contributed by atoms with Gasteiger partial charge in [0.25, 0.3) is 5.56 Å². The number of aliphatic hydroxyl groups excluding tert-OH is 1. The van der Waals surface area contributed by atoms with Crippen LogP contribution in [-0.4, -0.2) is 40.4 Å². The molecule has 2 rings (SSSR count). The zero-order valence-electron chi connectivity index (χ0n) is 8.90. The van der Waals surface area contributed by atoms with Gasteiger partial charge in [-0.2, -0.15) is 0 Å². The molecule has 3 N–H and O–H groups in total. The van der Waals surface area contributed by atoms with Crippen molar-refractivity contribution < 1.29 is 9.84 Å². The minimum absolute atomic E-state index is 0.0353. The van der Waals surface area contributed by atoms with Crippen LogP contribution < -0.4 is 10.9 Å². The summed E-state index contributed by atoms with van der Waals surface area (Å²) in [6, 6.07) is 0. The number of nitrogens with zero attached hydrogens (tertiary/aromatic N) is 1. The van der Waals surface area contributed by atoms with Gasteiger partial charge in [-0.25, -0.2) is 4.98 Å². The van der Waals surface area contributed by atoms with Gasteiger partial charge in [0.15, 0.2) is 5.82 Å². The summed E-state index contributed by atoms with van der Waals surface area (Å²) < 4.78 is 5.24. The lowest BCUT2D eigenvalue weighted by Crippen LogP contribution is -2.48. The molecule has 1 aromatic heterocycles. The highest BCUT2D eigenvalue weighted by Gasteiger charge is 2.32. The summed E-state index contributed by atoms with van der Waals surface area (Å²) in [5, 5.41) is 12.5. The molecule has 0 aliphatic carbocycles. The normalized spacial score (nSPS) is 19.3. The minimum atomic E-state index is -0.487. The Morgan fingerprint density at radius 1 is 1.56 bits per heavy atom. The molecule has 0 bridgehead atoms. The van der Waals surface area contributed by atoms with Gasteiger partial charge in [0.1, 0.15) is 0 Å². The van der Waals surface area contributed by atoms with Gasteiger partial charge in [-0.15, -0.1) is 0 Å². The first-order valence-corrected chi connectivity index (χ1v) is 5.26. The number of aliphatic hydroxyl groups is 1. The van der Waals surface area contributed by atoms with Crippen molar-refractivity contribution in [1.29, 1.82) is 0 Å². The van der Waals surface area contributed by atoms with Crippen molar-refractivity contribution in [3.63, 3.8) is 0 Å². The Hall–Kier alpha value is -1.40. The van der Waals surface area contributed by atoms with Crippen LogP contribution in [0, 0.1) is 0 Å². The van der Waals surface area contributed by atoms with Crippen molar-refractivity contribution in [2.45, 2.75) is 18.4 Å². The van der Waals surface area contributed by atoms with E-state index in [1.54, 1.807) is 0 Å². The van der Waals surface area contributed by atoms with Gasteiger partial charge in [-0.3, -0.25) is 4.79 Å². The number of hydrogen-bond acceptors (Lipinski definition) is 5. The highest BCUT2D eigenvalue weighted by molar-refractivity contribution is 5.34. The number of hydrogen-bond donors (Lipinski definition) is 3. The smallest absolute Gasteiger partial charge is 0.290 e. The molecular formula is C10H15N3O3. The second kappa shape index (κ2) is 4.63. The number of anilines is 1. The molecular weight excluding hydrogens is 210 g/mol. The summed E-state index contributed by atoms with van der Waals surface area (Å²) >= 11 is 0. The van der Waals surface area contributed by atoms with E-state index in [9.17, 15) is 9.90 Å². The predicted octanol–water partition coefficient (Wildman–Crippen LogP) is -0.277. The first-order valence-electron chi connectivity index (χ1n) is 5.26. The summed E-state index contributed by atoms with van der Waals surface area (Å²) in [7, 11) is 0. The van der Waals surface area contributed by atoms with Crippen LogP contribution in [0.4, 0.5) is 5.82 Å². The third-order valence-corrected chi connectivity index (χ3v) is 2.84. The number of nitrogens with one attached hydrogen (secondary N) is 2. The van der Waals surface area contributed by atoms with Gasteiger partial charge in [0.05, 0.1) is 12.1 Å². The van der Waals surface area contributed by atoms with Crippen LogP contribution in [0.2, 0.25) is 0 Å². The van der Waals surface area contributed by atoms with Gasteiger partial charge >= 0.3 is 0 Å². The molecule has 0 saturated carbocycles. The van der Waals surface area contributed by atoms with Gasteiger partial charge in [0, 0.05) is 25.6 Å². The molecule has 0 unspecified atom stereocenters. The Morgan fingerprint density at radius 3 is 2.94 bits per heavy atom. The van der Waals surface area contributed by atoms with E-state index in [-0.39, 0.29) is 18.0 Å². The lowest BCUT2D eigenvalue weighted by atomic mass is 9.91. The van der Waals surface area contributed by atoms with Gasteiger partial charge in [-0.05, 0) is 12.8 Å². The molecule has 1 saturated heterocycles. The van der Waals surface area contributed by atoms with Crippen LogP contribution >= 0.6 is 0 Å². The van der Waals surface area contributed by atoms with Crippen molar-refractivity contribution in [2.24, 2.45) is 0 Å². The number of rotatable bonds is 3. The molecule has 0 radical (unpaired) electrons. The monoisotopic (exact) mass is 225 g/mol. The van der Waals surface area contributed by atoms with Crippen LogP contribution in [0.3, 0.4) is 0 Å². The molecule has 6 heteroatoms. The molecule has 6 nitrogen and oxygen atoms in total. The maximum atomic E-state index is 11.5. The summed E-state index contributed by atoms with van der Waals surface area (Å²) in [4.78, 5) is 18.0. The highest BCUT2D eigenvalue weighted by atomic mass is 16.5. The van der Waals surface area contributed by atoms with E-state index in [2.05, 4.69) is 15.3 Å². The highest BCUT2D eigenvalue weighted by Crippen LogP contribution is 2.23. The van der Waals surface area contributed by atoms with E-state index in [4.69, 9.17) is 4.74 Å². The van der Waals surface area contributed by atoms with E-state index >= 15 is 0 Å². The molecule has 1 aromatic rings. The van der Waals surface area contributed by atoms with E-state index in [1.165, 1.54) is 12.4 Å². The van der Waals surface area contributed by atoms with Crippen LogP contribution in [0.15, 0.2) is 17.2 Å². The molecule has 1 fully saturated rings. The lowest BCUT2D eigenvalue weighted by Gasteiger charge is -2.36. The molecule has 88 valence electrons. The molecule has 0 aromatic carbocycles. The van der Waals surface area contributed by atoms with Crippen LogP contribution in [0.1, 0.15) is 12.8 Å². The minimum Gasteiger partial charge on any atom is -0.394 e. The van der Waals surface area contributed by atoms with Crippen LogP contribution in [-0.2, 0) is 4.74 Å². The van der Waals surface area contributed by atoms with Gasteiger partial charge in [-0.1, -0.05) is 0 Å². The third-order valence-electron chi connectivity index (χ3n) is 2.84. The summed E-state index contributed by atoms with van der Waals surface area (Å²) in [5.74, 6) is 0.249. The Balaban J connectivity index is 2.18. The first-order chi connectivity index (χ1) is 7.76. The lowest BCUT2D eigenvalue weighted by molar-refractivity contribution is 0.0378. The van der Waals surface area contributed by atoms with Gasteiger partial charge in [0.2, 0.25) is 0 Å². The van der Waals surface area contributed by atoms with Crippen molar-refractivity contribution in [3.05, 3.63) is 22.7 Å². The Morgan fingerprint density at radius 2 is 2.31 bits per heavy atom. The largest absolute Gasteiger partial charge is 0.394 e. The van der Waals surface area contributed by atoms with Crippen LogP contribution in [0.25, 0.3) is 0 Å². The average molecular weight is 225 g/mol.